The SMILES string of the molecule is CCOCCNC(=NC)NCc1ccc(Oc2ccccc2)cc1. The number of nitrogens with zero attached hydrogens (tertiary/aromatic N) is 1. The minimum Gasteiger partial charge on any atom is -0.457 e. The van der Waals surface area contributed by atoms with Crippen molar-refractivity contribution in [2.75, 3.05) is 26.8 Å². The highest BCUT2D eigenvalue weighted by molar-refractivity contribution is 5.79. The van der Waals surface area contributed by atoms with E-state index >= 15 is 0 Å². The predicted octanol–water partition coefficient (Wildman–Crippen LogP) is 3.18. The molecule has 2 aromatic carbocycles. The van der Waals surface area contributed by atoms with Gasteiger partial charge >= 0.3 is 0 Å². The number of ether oxygens (including phenoxy) is 2. The lowest BCUT2D eigenvalue weighted by Crippen LogP contribution is -2.38. The molecule has 0 aliphatic rings. The fourth-order valence-electron chi connectivity index (χ4n) is 2.09. The van der Waals surface area contributed by atoms with E-state index in [2.05, 4.69) is 15.6 Å². The molecule has 2 N–H and O–H groups in total. The van der Waals surface area contributed by atoms with Crippen LogP contribution in [-0.4, -0.2) is 32.8 Å². The molecule has 5 nitrogen and oxygen atoms in total. The Balaban J connectivity index is 1.78. The maximum absolute atomic E-state index is 5.79. The van der Waals surface area contributed by atoms with Gasteiger partial charge < -0.3 is 20.1 Å². The van der Waals surface area contributed by atoms with Crippen LogP contribution in [0.25, 0.3) is 0 Å². The summed E-state index contributed by atoms with van der Waals surface area (Å²) in [6.07, 6.45) is 0. The minimum absolute atomic E-state index is 0.669. The molecule has 0 aliphatic heterocycles. The lowest BCUT2D eigenvalue weighted by molar-refractivity contribution is 0.152. The Bertz CT molecular complexity index is 612. The second-order valence-electron chi connectivity index (χ2n) is 5.11. The lowest BCUT2D eigenvalue weighted by Gasteiger charge is -2.12. The zero-order chi connectivity index (χ0) is 17.0. The fourth-order valence-corrected chi connectivity index (χ4v) is 2.09. The highest BCUT2D eigenvalue weighted by atomic mass is 16.5. The van der Waals surface area contributed by atoms with Gasteiger partial charge in [0.1, 0.15) is 11.5 Å². The van der Waals surface area contributed by atoms with Crippen LogP contribution < -0.4 is 15.4 Å². The first-order chi connectivity index (χ1) is 11.8. The van der Waals surface area contributed by atoms with Gasteiger partial charge in [-0.15, -0.1) is 0 Å². The maximum Gasteiger partial charge on any atom is 0.191 e. The summed E-state index contributed by atoms with van der Waals surface area (Å²) in [6, 6.07) is 17.8. The Morgan fingerprint density at radius 2 is 1.67 bits per heavy atom. The van der Waals surface area contributed by atoms with Crippen LogP contribution in [0.15, 0.2) is 59.6 Å². The van der Waals surface area contributed by atoms with Crippen molar-refractivity contribution >= 4 is 5.96 Å². The summed E-state index contributed by atoms with van der Waals surface area (Å²) in [5.41, 5.74) is 1.16. The van der Waals surface area contributed by atoms with E-state index in [4.69, 9.17) is 9.47 Å². The van der Waals surface area contributed by atoms with E-state index in [0.29, 0.717) is 13.2 Å². The third-order valence-electron chi connectivity index (χ3n) is 3.33. The number of guanidine groups is 1. The van der Waals surface area contributed by atoms with Gasteiger partial charge in [-0.2, -0.15) is 0 Å². The average Bonchev–Trinajstić information content (AvgIpc) is 2.63. The molecule has 0 aromatic heterocycles. The van der Waals surface area contributed by atoms with Gasteiger partial charge in [0.25, 0.3) is 0 Å². The van der Waals surface area contributed by atoms with Crippen LogP contribution in [0.2, 0.25) is 0 Å². The molecule has 24 heavy (non-hydrogen) atoms. The van der Waals surface area contributed by atoms with Crippen LogP contribution in [0.1, 0.15) is 12.5 Å². The third kappa shape index (κ3) is 6.30. The Morgan fingerprint density at radius 3 is 2.33 bits per heavy atom. The standard InChI is InChI=1S/C19H25N3O2/c1-3-23-14-13-21-19(20-2)22-15-16-9-11-18(12-10-16)24-17-7-5-4-6-8-17/h4-12H,3,13-15H2,1-2H3,(H2,20,21,22). The molecule has 0 amide bonds. The first-order valence-electron chi connectivity index (χ1n) is 8.16. The number of aliphatic imine (C=N–C) groups is 1. The molecule has 0 spiro atoms. The average molecular weight is 327 g/mol. The summed E-state index contributed by atoms with van der Waals surface area (Å²) >= 11 is 0. The largest absolute Gasteiger partial charge is 0.457 e. The van der Waals surface area contributed by atoms with Gasteiger partial charge in [-0.3, -0.25) is 4.99 Å². The molecule has 0 bridgehead atoms. The van der Waals surface area contributed by atoms with Gasteiger partial charge in [-0.25, -0.2) is 0 Å². The first kappa shape index (κ1) is 17.8. The Labute approximate surface area is 143 Å². The van der Waals surface area contributed by atoms with Gasteiger partial charge in [0.2, 0.25) is 0 Å². The van der Waals surface area contributed by atoms with Crippen LogP contribution in [-0.2, 0) is 11.3 Å². The van der Waals surface area contributed by atoms with Gasteiger partial charge in [0, 0.05) is 26.7 Å². The minimum atomic E-state index is 0.669. The molecule has 2 rings (SSSR count). The fraction of sp³-hybridized carbons (Fsp3) is 0.316. The predicted molar refractivity (Wildman–Crippen MR) is 97.7 cm³/mol. The Kier molecular flexibility index (Phi) is 7.63. The summed E-state index contributed by atoms with van der Waals surface area (Å²) in [4.78, 5) is 4.19. The maximum atomic E-state index is 5.79. The highest BCUT2D eigenvalue weighted by Gasteiger charge is 2.00. The Morgan fingerprint density at radius 1 is 0.958 bits per heavy atom. The molecule has 0 saturated carbocycles. The van der Waals surface area contributed by atoms with E-state index in [1.54, 1.807) is 7.05 Å². The second-order valence-corrected chi connectivity index (χ2v) is 5.11. The lowest BCUT2D eigenvalue weighted by atomic mass is 10.2. The summed E-state index contributed by atoms with van der Waals surface area (Å²) < 4.78 is 11.1. The third-order valence-corrected chi connectivity index (χ3v) is 3.33. The van der Waals surface area contributed by atoms with Gasteiger partial charge in [0.05, 0.1) is 6.61 Å². The van der Waals surface area contributed by atoms with Crippen molar-refractivity contribution < 1.29 is 9.47 Å². The summed E-state index contributed by atoms with van der Waals surface area (Å²) in [5.74, 6) is 2.42. The first-order valence-corrected chi connectivity index (χ1v) is 8.16. The van der Waals surface area contributed by atoms with E-state index in [1.165, 1.54) is 0 Å². The molecule has 5 heteroatoms. The van der Waals surface area contributed by atoms with E-state index in [9.17, 15) is 0 Å². The molecular weight excluding hydrogens is 302 g/mol. The van der Waals surface area contributed by atoms with Crippen molar-refractivity contribution in [1.82, 2.24) is 10.6 Å². The van der Waals surface area contributed by atoms with Gasteiger partial charge in [0.15, 0.2) is 5.96 Å². The van der Waals surface area contributed by atoms with Crippen molar-refractivity contribution in [2.45, 2.75) is 13.5 Å². The van der Waals surface area contributed by atoms with Crippen LogP contribution in [0.5, 0.6) is 11.5 Å². The normalized spacial score (nSPS) is 11.2. The van der Waals surface area contributed by atoms with E-state index in [-0.39, 0.29) is 0 Å². The summed E-state index contributed by atoms with van der Waals surface area (Å²) in [6.45, 7) is 4.81. The highest BCUT2D eigenvalue weighted by Crippen LogP contribution is 2.20. The van der Waals surface area contributed by atoms with Crippen molar-refractivity contribution in [3.63, 3.8) is 0 Å². The number of benzene rings is 2. The van der Waals surface area contributed by atoms with E-state index in [1.807, 2.05) is 61.5 Å². The number of para-hydroxylation sites is 1. The van der Waals surface area contributed by atoms with Crippen molar-refractivity contribution in [3.05, 3.63) is 60.2 Å². The van der Waals surface area contributed by atoms with Gasteiger partial charge in [-0.1, -0.05) is 30.3 Å². The zero-order valence-corrected chi connectivity index (χ0v) is 14.3. The Hall–Kier alpha value is -2.53. The summed E-state index contributed by atoms with van der Waals surface area (Å²) in [7, 11) is 1.76. The summed E-state index contributed by atoms with van der Waals surface area (Å²) in [5, 5.41) is 6.48. The topological polar surface area (TPSA) is 54.9 Å². The molecule has 0 atom stereocenters. The molecule has 0 aliphatic carbocycles. The van der Waals surface area contributed by atoms with Crippen molar-refractivity contribution in [2.24, 2.45) is 4.99 Å². The molecule has 2 aromatic rings. The number of rotatable bonds is 8. The smallest absolute Gasteiger partial charge is 0.191 e. The number of hydrogen-bond donors (Lipinski definition) is 2. The quantitative estimate of drug-likeness (QED) is 0.444. The van der Waals surface area contributed by atoms with E-state index < -0.39 is 0 Å². The molecule has 0 saturated heterocycles. The monoisotopic (exact) mass is 327 g/mol. The molecule has 0 fully saturated rings. The molecular formula is C19H25N3O2. The number of nitrogens with one attached hydrogen (secondary N) is 2. The molecule has 0 radical (unpaired) electrons. The second kappa shape index (κ2) is 10.3. The zero-order valence-electron chi connectivity index (χ0n) is 14.3. The molecule has 128 valence electrons. The van der Waals surface area contributed by atoms with Crippen LogP contribution in [0, 0.1) is 0 Å². The van der Waals surface area contributed by atoms with Crippen molar-refractivity contribution in [1.29, 1.82) is 0 Å². The van der Waals surface area contributed by atoms with Crippen molar-refractivity contribution in [3.8, 4) is 11.5 Å². The van der Waals surface area contributed by atoms with E-state index in [0.717, 1.165) is 36.2 Å². The van der Waals surface area contributed by atoms with Gasteiger partial charge in [-0.05, 0) is 36.8 Å². The van der Waals surface area contributed by atoms with Crippen LogP contribution in [0.4, 0.5) is 0 Å². The van der Waals surface area contributed by atoms with Crippen LogP contribution in [0.3, 0.4) is 0 Å². The molecule has 0 heterocycles. The van der Waals surface area contributed by atoms with Crippen LogP contribution >= 0.6 is 0 Å². The molecule has 0 unspecified atom stereocenters. The number of hydrogen-bond acceptors (Lipinski definition) is 3.